The molecular weight excluding hydrogens is 160 g/mol. The van der Waals surface area contributed by atoms with Crippen molar-refractivity contribution < 1.29 is 14.3 Å². The normalized spacial score (nSPS) is 9.08. The molecule has 1 aromatic rings. The molecule has 0 fully saturated rings. The van der Waals surface area contributed by atoms with Gasteiger partial charge in [0.15, 0.2) is 0 Å². The van der Waals surface area contributed by atoms with Crippen molar-refractivity contribution in [3.8, 4) is 0 Å². The van der Waals surface area contributed by atoms with Gasteiger partial charge in [0.25, 0.3) is 0 Å². The van der Waals surface area contributed by atoms with Crippen molar-refractivity contribution in [1.82, 2.24) is 4.98 Å². The summed E-state index contributed by atoms with van der Waals surface area (Å²) in [6, 6.07) is 3.33. The first-order valence-corrected chi connectivity index (χ1v) is 3.26. The van der Waals surface area contributed by atoms with Gasteiger partial charge in [-0.2, -0.15) is 0 Å². The van der Waals surface area contributed by atoms with Crippen molar-refractivity contribution in [3.05, 3.63) is 18.3 Å². The maximum Gasteiger partial charge on any atom is 0.396 e. The van der Waals surface area contributed by atoms with Crippen LogP contribution >= 0.6 is 0 Å². The summed E-state index contributed by atoms with van der Waals surface area (Å²) in [6.07, 6.45) is 1.63. The Kier molecular flexibility index (Phi) is 2.47. The number of anilines is 1. The van der Waals surface area contributed by atoms with Crippen molar-refractivity contribution in [2.45, 2.75) is 0 Å². The van der Waals surface area contributed by atoms with Gasteiger partial charge in [0.2, 0.25) is 0 Å². The van der Waals surface area contributed by atoms with Crippen LogP contribution in [0.2, 0.25) is 0 Å². The molecule has 1 aromatic heterocycles. The third-order valence-electron chi connectivity index (χ3n) is 1.22. The molecule has 5 heteroatoms. The van der Waals surface area contributed by atoms with Crippen LogP contribution in [0.4, 0.5) is 5.82 Å². The quantitative estimate of drug-likeness (QED) is 0.462. The predicted molar refractivity (Wildman–Crippen MR) is 41.4 cm³/mol. The molecule has 0 aliphatic heterocycles. The summed E-state index contributed by atoms with van der Waals surface area (Å²) < 4.78 is 4.20. The first-order chi connectivity index (χ1) is 5.74. The molecule has 0 aliphatic carbocycles. The minimum absolute atomic E-state index is 0.463. The van der Waals surface area contributed by atoms with Gasteiger partial charge < -0.3 is 15.0 Å². The number of nitrogens with one attached hydrogen (secondary N) is 2. The fourth-order valence-electron chi connectivity index (χ4n) is 0.674. The summed E-state index contributed by atoms with van der Waals surface area (Å²) in [6.45, 7) is 0. The Balaban J connectivity index is 2.53. The van der Waals surface area contributed by atoms with Crippen molar-refractivity contribution in [2.24, 2.45) is 0 Å². The van der Waals surface area contributed by atoms with Gasteiger partial charge in [0, 0.05) is 6.20 Å². The van der Waals surface area contributed by atoms with Crippen LogP contribution in [0.25, 0.3) is 0 Å². The number of carbonyl (C=O) groups excluding carboxylic acids is 2. The average Bonchev–Trinajstić information content (AvgIpc) is 2.55. The fourth-order valence-corrected chi connectivity index (χ4v) is 0.674. The molecule has 1 heterocycles. The van der Waals surface area contributed by atoms with E-state index in [4.69, 9.17) is 0 Å². The number of esters is 1. The molecule has 0 aromatic carbocycles. The Morgan fingerprint density at radius 3 is 2.83 bits per heavy atom. The van der Waals surface area contributed by atoms with Crippen LogP contribution in [0.5, 0.6) is 0 Å². The Morgan fingerprint density at radius 2 is 2.33 bits per heavy atom. The smallest absolute Gasteiger partial charge is 0.396 e. The molecule has 0 saturated carbocycles. The van der Waals surface area contributed by atoms with Gasteiger partial charge in [0.05, 0.1) is 7.11 Å². The first-order valence-electron chi connectivity index (χ1n) is 3.26. The molecule has 1 rings (SSSR count). The molecule has 0 unspecified atom stereocenters. The molecule has 12 heavy (non-hydrogen) atoms. The maximum atomic E-state index is 10.8. The zero-order valence-electron chi connectivity index (χ0n) is 6.46. The van der Waals surface area contributed by atoms with Gasteiger partial charge in [-0.1, -0.05) is 0 Å². The molecule has 5 nitrogen and oxygen atoms in total. The average molecular weight is 168 g/mol. The van der Waals surface area contributed by atoms with E-state index in [1.807, 2.05) is 0 Å². The minimum atomic E-state index is -0.912. The summed E-state index contributed by atoms with van der Waals surface area (Å²) in [7, 11) is 1.15. The fraction of sp³-hybridized carbons (Fsp3) is 0.143. The van der Waals surface area contributed by atoms with E-state index in [-0.39, 0.29) is 0 Å². The standard InChI is InChI=1S/C7H8N2O3/c1-12-7(11)6(10)9-5-3-2-4-8-5/h2-4,8H,1H3,(H,9,10). The molecule has 64 valence electrons. The number of hydrogen-bond acceptors (Lipinski definition) is 3. The second kappa shape index (κ2) is 3.56. The largest absolute Gasteiger partial charge is 0.462 e. The predicted octanol–water partition coefficient (Wildman–Crippen LogP) is 0.126. The molecule has 0 radical (unpaired) electrons. The summed E-state index contributed by atoms with van der Waals surface area (Å²) in [5.74, 6) is -1.24. The summed E-state index contributed by atoms with van der Waals surface area (Å²) >= 11 is 0. The Morgan fingerprint density at radius 1 is 1.58 bits per heavy atom. The third kappa shape index (κ3) is 1.85. The third-order valence-corrected chi connectivity index (χ3v) is 1.22. The van der Waals surface area contributed by atoms with Gasteiger partial charge in [-0.05, 0) is 12.1 Å². The van der Waals surface area contributed by atoms with E-state index >= 15 is 0 Å². The van der Waals surface area contributed by atoms with Crippen molar-refractivity contribution in [3.63, 3.8) is 0 Å². The molecule has 0 aliphatic rings. The number of rotatable bonds is 1. The van der Waals surface area contributed by atoms with Crippen molar-refractivity contribution >= 4 is 17.7 Å². The number of aromatic amines is 1. The van der Waals surface area contributed by atoms with E-state index < -0.39 is 11.9 Å². The van der Waals surface area contributed by atoms with Crippen LogP contribution in [-0.2, 0) is 14.3 Å². The van der Waals surface area contributed by atoms with Crippen LogP contribution in [0.1, 0.15) is 0 Å². The zero-order valence-corrected chi connectivity index (χ0v) is 6.46. The van der Waals surface area contributed by atoms with E-state index in [2.05, 4.69) is 15.0 Å². The maximum absolute atomic E-state index is 10.8. The van der Waals surface area contributed by atoms with E-state index in [9.17, 15) is 9.59 Å². The molecule has 0 spiro atoms. The second-order valence-electron chi connectivity index (χ2n) is 2.03. The lowest BCUT2D eigenvalue weighted by Crippen LogP contribution is -2.23. The SMILES string of the molecule is COC(=O)C(=O)Nc1ccc[nH]1. The van der Waals surface area contributed by atoms with Gasteiger partial charge in [0.1, 0.15) is 5.82 Å². The second-order valence-corrected chi connectivity index (χ2v) is 2.03. The highest BCUT2D eigenvalue weighted by Crippen LogP contribution is 2.00. The van der Waals surface area contributed by atoms with Crippen molar-refractivity contribution in [2.75, 3.05) is 12.4 Å². The van der Waals surface area contributed by atoms with Gasteiger partial charge in [-0.25, -0.2) is 4.79 Å². The molecule has 1 amide bonds. The number of hydrogen-bond donors (Lipinski definition) is 2. The van der Waals surface area contributed by atoms with Gasteiger partial charge in [-0.15, -0.1) is 0 Å². The number of aromatic nitrogens is 1. The molecule has 0 saturated heterocycles. The highest BCUT2D eigenvalue weighted by molar-refractivity contribution is 6.37. The molecule has 0 atom stereocenters. The number of carbonyl (C=O) groups is 2. The van der Waals surface area contributed by atoms with E-state index in [1.165, 1.54) is 0 Å². The van der Waals surface area contributed by atoms with E-state index in [1.54, 1.807) is 18.3 Å². The number of amides is 1. The molecular formula is C7H8N2O3. The van der Waals surface area contributed by atoms with Crippen LogP contribution < -0.4 is 5.32 Å². The first kappa shape index (κ1) is 8.32. The number of methoxy groups -OCH3 is 1. The van der Waals surface area contributed by atoms with Crippen LogP contribution in [0.15, 0.2) is 18.3 Å². The lowest BCUT2D eigenvalue weighted by Gasteiger charge is -1.98. The molecule has 0 bridgehead atoms. The Labute approximate surface area is 68.7 Å². The Hall–Kier alpha value is -1.78. The van der Waals surface area contributed by atoms with Crippen LogP contribution in [0.3, 0.4) is 0 Å². The highest BCUT2D eigenvalue weighted by Gasteiger charge is 2.13. The van der Waals surface area contributed by atoms with Gasteiger partial charge >= 0.3 is 11.9 Å². The van der Waals surface area contributed by atoms with Gasteiger partial charge in [-0.3, -0.25) is 4.79 Å². The topological polar surface area (TPSA) is 71.2 Å². The number of ether oxygens (including phenoxy) is 1. The van der Waals surface area contributed by atoms with E-state index in [0.717, 1.165) is 7.11 Å². The monoisotopic (exact) mass is 168 g/mol. The molecule has 2 N–H and O–H groups in total. The zero-order chi connectivity index (χ0) is 8.97. The summed E-state index contributed by atoms with van der Waals surface area (Å²) in [4.78, 5) is 24.1. The van der Waals surface area contributed by atoms with E-state index in [0.29, 0.717) is 5.82 Å². The summed E-state index contributed by atoms with van der Waals surface area (Å²) in [5, 5.41) is 2.30. The highest BCUT2D eigenvalue weighted by atomic mass is 16.5. The van der Waals surface area contributed by atoms with Crippen molar-refractivity contribution in [1.29, 1.82) is 0 Å². The Bertz CT molecular complexity index is 279. The van der Waals surface area contributed by atoms with Crippen LogP contribution in [-0.4, -0.2) is 24.0 Å². The van der Waals surface area contributed by atoms with Crippen LogP contribution in [0, 0.1) is 0 Å². The minimum Gasteiger partial charge on any atom is -0.462 e. The number of H-pyrrole nitrogens is 1. The summed E-state index contributed by atoms with van der Waals surface area (Å²) in [5.41, 5.74) is 0. The lowest BCUT2D eigenvalue weighted by atomic mass is 10.5. The lowest BCUT2D eigenvalue weighted by molar-refractivity contribution is -0.150.